The van der Waals surface area contributed by atoms with Gasteiger partial charge in [-0.1, -0.05) is 76.9 Å². The van der Waals surface area contributed by atoms with Crippen LogP contribution in [0.1, 0.15) is 96.8 Å². The second-order valence-corrected chi connectivity index (χ2v) is 12.2. The van der Waals surface area contributed by atoms with Crippen molar-refractivity contribution < 1.29 is 27.8 Å². The van der Waals surface area contributed by atoms with Gasteiger partial charge in [0.2, 0.25) is 0 Å². The summed E-state index contributed by atoms with van der Waals surface area (Å²) in [5.41, 5.74) is 0. The zero-order valence-corrected chi connectivity index (χ0v) is 24.9. The molecule has 0 aliphatic rings. The van der Waals surface area contributed by atoms with E-state index in [9.17, 15) is 14.3 Å². The van der Waals surface area contributed by atoms with E-state index in [1.165, 1.54) is 81.9 Å². The van der Waals surface area contributed by atoms with Crippen LogP contribution < -0.4 is 5.32 Å². The van der Waals surface area contributed by atoms with Crippen LogP contribution in [0.3, 0.4) is 0 Å². The Hall–Kier alpha value is -0.920. The minimum atomic E-state index is -4.09. The molecule has 0 bridgehead atoms. The van der Waals surface area contributed by atoms with Crippen LogP contribution in [0, 0.1) is 0 Å². The topological polar surface area (TPSA) is 88.1 Å². The average molecular weight is 535 g/mol. The molecule has 0 saturated heterocycles. The van der Waals surface area contributed by atoms with Gasteiger partial charge in [-0.15, -0.1) is 0 Å². The molecule has 2 amide bonds. The predicted octanol–water partition coefficient (Wildman–Crippen LogP) is 6.51. The fourth-order valence-electron chi connectivity index (χ4n) is 3.56. The SMILES string of the molecule is CCCCCCCCC=CCCCCCCCCNC(=O)N(C)CCOP(=O)(O)OCC[N+](C)(C)C. The standard InChI is InChI=1S/C27H56N3O5P/c1-6-7-8-9-10-11-12-13-14-15-16-17-18-19-20-21-22-28-27(31)29(2)23-25-34-36(32,33)35-26-24-30(3,4)5/h13-14H,6-12,15-26H2,1-5H3,(H-,28,31,32,33)/p+1. The molecule has 0 spiro atoms. The monoisotopic (exact) mass is 534 g/mol. The van der Waals surface area contributed by atoms with Crippen LogP contribution >= 0.6 is 7.82 Å². The molecule has 0 rings (SSSR count). The van der Waals surface area contributed by atoms with E-state index in [-0.39, 0.29) is 25.8 Å². The summed E-state index contributed by atoms with van der Waals surface area (Å²) in [5.74, 6) is 0. The van der Waals surface area contributed by atoms with E-state index < -0.39 is 7.82 Å². The number of carbonyl (C=O) groups excluding carboxylic acids is 1. The number of nitrogens with zero attached hydrogens (tertiary/aromatic N) is 2. The Labute approximate surface area is 222 Å². The Morgan fingerprint density at radius 3 is 1.92 bits per heavy atom. The van der Waals surface area contributed by atoms with Gasteiger partial charge in [-0.2, -0.15) is 0 Å². The minimum Gasteiger partial charge on any atom is -0.338 e. The number of urea groups is 1. The summed E-state index contributed by atoms with van der Waals surface area (Å²) in [7, 11) is 3.46. The van der Waals surface area contributed by atoms with E-state index in [1.54, 1.807) is 7.05 Å². The third-order valence-electron chi connectivity index (χ3n) is 6.01. The molecule has 0 radical (unpaired) electrons. The largest absolute Gasteiger partial charge is 0.472 e. The number of nitrogens with one attached hydrogen (secondary N) is 1. The molecule has 214 valence electrons. The van der Waals surface area contributed by atoms with Crippen molar-refractivity contribution in [2.45, 2.75) is 96.8 Å². The molecule has 0 fully saturated rings. The zero-order chi connectivity index (χ0) is 27.1. The molecule has 0 aromatic carbocycles. The van der Waals surface area contributed by atoms with Gasteiger partial charge in [0.15, 0.2) is 0 Å². The molecule has 0 aromatic rings. The van der Waals surface area contributed by atoms with Crippen molar-refractivity contribution >= 4 is 13.9 Å². The van der Waals surface area contributed by atoms with Crippen molar-refractivity contribution in [3.8, 4) is 0 Å². The first-order valence-electron chi connectivity index (χ1n) is 14.1. The van der Waals surface area contributed by atoms with Gasteiger partial charge < -0.3 is 19.6 Å². The van der Waals surface area contributed by atoms with Crippen LogP contribution in [0.15, 0.2) is 12.2 Å². The molecule has 8 nitrogen and oxygen atoms in total. The Kier molecular flexibility index (Phi) is 21.5. The Morgan fingerprint density at radius 1 is 0.861 bits per heavy atom. The number of phosphoric acid groups is 1. The highest BCUT2D eigenvalue weighted by Gasteiger charge is 2.22. The fourth-order valence-corrected chi connectivity index (χ4v) is 4.26. The van der Waals surface area contributed by atoms with Gasteiger partial charge in [0.05, 0.1) is 27.7 Å². The second kappa shape index (κ2) is 22.1. The highest BCUT2D eigenvalue weighted by molar-refractivity contribution is 7.47. The third-order valence-corrected chi connectivity index (χ3v) is 7.03. The van der Waals surface area contributed by atoms with Crippen molar-refractivity contribution in [3.05, 3.63) is 12.2 Å². The van der Waals surface area contributed by atoms with Crippen molar-refractivity contribution in [2.24, 2.45) is 0 Å². The highest BCUT2D eigenvalue weighted by atomic mass is 31.2. The maximum atomic E-state index is 12.1. The highest BCUT2D eigenvalue weighted by Crippen LogP contribution is 2.42. The summed E-state index contributed by atoms with van der Waals surface area (Å²) >= 11 is 0. The van der Waals surface area contributed by atoms with Crippen LogP contribution in [0.2, 0.25) is 0 Å². The Morgan fingerprint density at radius 2 is 1.36 bits per heavy atom. The number of phosphoric ester groups is 1. The number of quaternary nitrogens is 1. The van der Waals surface area contributed by atoms with Crippen LogP contribution in [-0.4, -0.2) is 81.3 Å². The van der Waals surface area contributed by atoms with Gasteiger partial charge in [0.25, 0.3) is 0 Å². The summed E-state index contributed by atoms with van der Waals surface area (Å²) in [6.45, 7) is 3.77. The van der Waals surface area contributed by atoms with Crippen LogP contribution in [0.25, 0.3) is 0 Å². The number of hydrogen-bond acceptors (Lipinski definition) is 4. The number of unbranched alkanes of at least 4 members (excludes halogenated alkanes) is 12. The van der Waals surface area contributed by atoms with E-state index in [0.717, 1.165) is 12.8 Å². The molecule has 0 aromatic heterocycles. The number of likely N-dealkylation sites (N-methyl/N-ethyl adjacent to an activating group) is 2. The molecule has 2 N–H and O–H groups in total. The van der Waals surface area contributed by atoms with E-state index in [0.29, 0.717) is 17.6 Å². The lowest BCUT2D eigenvalue weighted by molar-refractivity contribution is -0.870. The molecule has 0 aliphatic heterocycles. The van der Waals surface area contributed by atoms with Crippen molar-refractivity contribution in [1.29, 1.82) is 0 Å². The first kappa shape index (κ1) is 35.1. The summed E-state index contributed by atoms with van der Waals surface area (Å²) in [6.07, 6.45) is 22.3. The normalized spacial score (nSPS) is 13.7. The maximum absolute atomic E-state index is 12.1. The number of amides is 2. The molecule has 1 unspecified atom stereocenters. The van der Waals surface area contributed by atoms with Gasteiger partial charge in [0, 0.05) is 20.1 Å². The zero-order valence-electron chi connectivity index (χ0n) is 24.0. The van der Waals surface area contributed by atoms with Gasteiger partial charge in [-0.25, -0.2) is 9.36 Å². The van der Waals surface area contributed by atoms with E-state index in [4.69, 9.17) is 9.05 Å². The van der Waals surface area contributed by atoms with E-state index >= 15 is 0 Å². The fraction of sp³-hybridized carbons (Fsp3) is 0.889. The lowest BCUT2D eigenvalue weighted by atomic mass is 10.1. The molecular weight excluding hydrogens is 477 g/mol. The van der Waals surface area contributed by atoms with Crippen molar-refractivity contribution in [3.63, 3.8) is 0 Å². The van der Waals surface area contributed by atoms with Gasteiger partial charge in [-0.3, -0.25) is 9.05 Å². The molecule has 0 heterocycles. The maximum Gasteiger partial charge on any atom is 0.472 e. The molecule has 9 heteroatoms. The second-order valence-electron chi connectivity index (χ2n) is 10.7. The van der Waals surface area contributed by atoms with Gasteiger partial charge in [-0.05, 0) is 32.1 Å². The molecule has 0 saturated carbocycles. The average Bonchev–Trinajstić information content (AvgIpc) is 2.79. The first-order chi connectivity index (χ1) is 17.1. The third kappa shape index (κ3) is 24.8. The number of hydrogen-bond donors (Lipinski definition) is 2. The lowest BCUT2D eigenvalue weighted by Gasteiger charge is -2.24. The number of rotatable bonds is 24. The van der Waals surface area contributed by atoms with Gasteiger partial charge in [0.1, 0.15) is 13.2 Å². The number of allylic oxidation sites excluding steroid dienone is 2. The molecule has 36 heavy (non-hydrogen) atoms. The van der Waals surface area contributed by atoms with Gasteiger partial charge >= 0.3 is 13.9 Å². The quantitative estimate of drug-likeness (QED) is 0.0638. The summed E-state index contributed by atoms with van der Waals surface area (Å²) < 4.78 is 22.4. The minimum absolute atomic E-state index is 0.0592. The van der Waals surface area contributed by atoms with E-state index in [2.05, 4.69) is 24.4 Å². The summed E-state index contributed by atoms with van der Waals surface area (Å²) in [4.78, 5) is 23.3. The number of carbonyl (C=O) groups is 1. The Balaban J connectivity index is 3.57. The summed E-state index contributed by atoms with van der Waals surface area (Å²) in [6, 6.07) is -0.204. The van der Waals surface area contributed by atoms with Crippen LogP contribution in [0.4, 0.5) is 4.79 Å². The van der Waals surface area contributed by atoms with E-state index in [1.807, 2.05) is 21.1 Å². The predicted molar refractivity (Wildman–Crippen MR) is 150 cm³/mol. The van der Waals surface area contributed by atoms with Crippen molar-refractivity contribution in [2.75, 3.05) is 61.0 Å². The van der Waals surface area contributed by atoms with Crippen LogP contribution in [-0.2, 0) is 13.6 Å². The molecule has 1 atom stereocenters. The van der Waals surface area contributed by atoms with Crippen LogP contribution in [0.5, 0.6) is 0 Å². The first-order valence-corrected chi connectivity index (χ1v) is 15.6. The Bertz CT molecular complexity index is 611. The van der Waals surface area contributed by atoms with Crippen molar-refractivity contribution in [1.82, 2.24) is 10.2 Å². The lowest BCUT2D eigenvalue weighted by Crippen LogP contribution is -2.39. The smallest absolute Gasteiger partial charge is 0.338 e. The molecular formula is C27H57N3O5P+. The molecule has 0 aliphatic carbocycles. The summed E-state index contributed by atoms with van der Waals surface area (Å²) in [5, 5.41) is 2.89.